The van der Waals surface area contributed by atoms with Gasteiger partial charge in [0.2, 0.25) is 5.91 Å². The third-order valence-electron chi connectivity index (χ3n) is 2.49. The van der Waals surface area contributed by atoms with E-state index in [1.54, 1.807) is 21.1 Å². The molecule has 0 heterocycles. The molecule has 0 saturated heterocycles. The molecule has 0 bridgehead atoms. The summed E-state index contributed by atoms with van der Waals surface area (Å²) in [7, 11) is 4.83. The van der Waals surface area contributed by atoms with E-state index < -0.39 is 11.7 Å². The summed E-state index contributed by atoms with van der Waals surface area (Å²) in [5.41, 5.74) is 0.351. The van der Waals surface area contributed by atoms with Crippen molar-refractivity contribution in [3.05, 3.63) is 29.6 Å². The molecular formula is C13H19ClFN3O2. The highest BCUT2D eigenvalue weighted by atomic mass is 35.5. The molecule has 2 amide bonds. The van der Waals surface area contributed by atoms with Gasteiger partial charge in [0.25, 0.3) is 5.91 Å². The topological polar surface area (TPSA) is 61.4 Å². The van der Waals surface area contributed by atoms with Crippen molar-refractivity contribution in [3.63, 3.8) is 0 Å². The zero-order chi connectivity index (χ0) is 14.4. The van der Waals surface area contributed by atoms with Crippen molar-refractivity contribution in [2.75, 3.05) is 33.0 Å². The number of benzene rings is 1. The van der Waals surface area contributed by atoms with Crippen LogP contribution in [0.15, 0.2) is 18.2 Å². The minimum atomic E-state index is -0.605. The first-order valence-corrected chi connectivity index (χ1v) is 5.91. The molecule has 2 N–H and O–H groups in total. The normalized spacial score (nSPS) is 9.60. The molecule has 20 heavy (non-hydrogen) atoms. The lowest BCUT2D eigenvalue weighted by Crippen LogP contribution is -2.23. The maximum absolute atomic E-state index is 13.6. The van der Waals surface area contributed by atoms with Crippen LogP contribution >= 0.6 is 12.4 Å². The number of amides is 2. The SMILES string of the molecule is CNCCC(=O)Nc1ccc(F)c(C(=O)N(C)C)c1.Cl. The van der Waals surface area contributed by atoms with Crippen LogP contribution in [-0.2, 0) is 4.79 Å². The summed E-state index contributed by atoms with van der Waals surface area (Å²) in [5.74, 6) is -1.24. The number of hydrogen-bond donors (Lipinski definition) is 2. The average molecular weight is 304 g/mol. The summed E-state index contributed by atoms with van der Waals surface area (Å²) in [6, 6.07) is 3.94. The second kappa shape index (κ2) is 8.50. The van der Waals surface area contributed by atoms with E-state index in [1.807, 2.05) is 0 Å². The van der Waals surface area contributed by atoms with Crippen molar-refractivity contribution in [2.45, 2.75) is 6.42 Å². The van der Waals surface area contributed by atoms with Crippen molar-refractivity contribution >= 4 is 29.9 Å². The first-order valence-electron chi connectivity index (χ1n) is 5.91. The van der Waals surface area contributed by atoms with Gasteiger partial charge in [-0.05, 0) is 25.2 Å². The van der Waals surface area contributed by atoms with E-state index in [9.17, 15) is 14.0 Å². The third-order valence-corrected chi connectivity index (χ3v) is 2.49. The number of nitrogens with one attached hydrogen (secondary N) is 2. The van der Waals surface area contributed by atoms with Gasteiger partial charge in [0.15, 0.2) is 0 Å². The van der Waals surface area contributed by atoms with Crippen molar-refractivity contribution in [2.24, 2.45) is 0 Å². The molecule has 0 aliphatic heterocycles. The quantitative estimate of drug-likeness (QED) is 0.866. The number of hydrogen-bond acceptors (Lipinski definition) is 3. The van der Waals surface area contributed by atoms with E-state index in [0.29, 0.717) is 18.7 Å². The van der Waals surface area contributed by atoms with E-state index in [1.165, 1.54) is 23.1 Å². The Hall–Kier alpha value is -1.66. The Balaban J connectivity index is 0.00000361. The molecule has 1 aromatic rings. The number of anilines is 1. The van der Waals surface area contributed by atoms with Gasteiger partial charge in [-0.25, -0.2) is 4.39 Å². The molecule has 0 aliphatic carbocycles. The van der Waals surface area contributed by atoms with E-state index in [0.717, 1.165) is 0 Å². The zero-order valence-electron chi connectivity index (χ0n) is 11.7. The predicted octanol–water partition coefficient (Wildman–Crippen LogP) is 1.50. The maximum Gasteiger partial charge on any atom is 0.256 e. The molecule has 5 nitrogen and oxygen atoms in total. The highest BCUT2D eigenvalue weighted by Crippen LogP contribution is 2.16. The van der Waals surface area contributed by atoms with E-state index in [4.69, 9.17) is 0 Å². The fourth-order valence-electron chi connectivity index (χ4n) is 1.47. The minimum Gasteiger partial charge on any atom is -0.345 e. The molecule has 0 spiro atoms. The van der Waals surface area contributed by atoms with Crippen LogP contribution in [-0.4, -0.2) is 44.4 Å². The van der Waals surface area contributed by atoms with Crippen LogP contribution in [0.2, 0.25) is 0 Å². The lowest BCUT2D eigenvalue weighted by Gasteiger charge is -2.12. The van der Waals surface area contributed by atoms with Gasteiger partial charge in [-0.3, -0.25) is 9.59 Å². The second-order valence-electron chi connectivity index (χ2n) is 4.30. The van der Waals surface area contributed by atoms with Gasteiger partial charge in [-0.2, -0.15) is 0 Å². The Morgan fingerprint density at radius 3 is 2.50 bits per heavy atom. The molecule has 0 saturated carbocycles. The van der Waals surface area contributed by atoms with Gasteiger partial charge >= 0.3 is 0 Å². The van der Waals surface area contributed by atoms with Crippen LogP contribution in [0, 0.1) is 5.82 Å². The molecule has 0 atom stereocenters. The Labute approximate surface area is 123 Å². The fraction of sp³-hybridized carbons (Fsp3) is 0.385. The Bertz CT molecular complexity index is 481. The summed E-state index contributed by atoms with van der Waals surface area (Å²) in [5, 5.41) is 5.48. The molecule has 112 valence electrons. The molecule has 0 fully saturated rings. The van der Waals surface area contributed by atoms with Crippen LogP contribution in [0.4, 0.5) is 10.1 Å². The largest absolute Gasteiger partial charge is 0.345 e. The van der Waals surface area contributed by atoms with Crippen LogP contribution in [0.25, 0.3) is 0 Å². The monoisotopic (exact) mass is 303 g/mol. The molecule has 0 aromatic heterocycles. The van der Waals surface area contributed by atoms with E-state index in [-0.39, 0.29) is 23.9 Å². The molecule has 1 rings (SSSR count). The Morgan fingerprint density at radius 2 is 1.95 bits per heavy atom. The van der Waals surface area contributed by atoms with Crippen molar-refractivity contribution in [3.8, 4) is 0 Å². The van der Waals surface area contributed by atoms with Gasteiger partial charge in [-0.15, -0.1) is 12.4 Å². The van der Waals surface area contributed by atoms with Gasteiger partial charge in [0.1, 0.15) is 5.82 Å². The van der Waals surface area contributed by atoms with Crippen LogP contribution in [0.5, 0.6) is 0 Å². The first-order chi connectivity index (χ1) is 8.95. The molecular weight excluding hydrogens is 285 g/mol. The summed E-state index contributed by atoms with van der Waals surface area (Å²) in [6.07, 6.45) is 0.310. The van der Waals surface area contributed by atoms with Crippen LogP contribution < -0.4 is 10.6 Å². The summed E-state index contributed by atoms with van der Waals surface area (Å²) in [6.45, 7) is 0.552. The number of halogens is 2. The van der Waals surface area contributed by atoms with Crippen molar-refractivity contribution in [1.29, 1.82) is 0 Å². The van der Waals surface area contributed by atoms with Crippen LogP contribution in [0.3, 0.4) is 0 Å². The summed E-state index contributed by atoms with van der Waals surface area (Å²) in [4.78, 5) is 24.6. The van der Waals surface area contributed by atoms with Gasteiger partial charge in [0, 0.05) is 32.7 Å². The fourth-order valence-corrected chi connectivity index (χ4v) is 1.47. The second-order valence-corrected chi connectivity index (χ2v) is 4.30. The molecule has 0 aliphatic rings. The standard InChI is InChI=1S/C13H18FN3O2.ClH/c1-15-7-6-12(18)16-9-4-5-11(14)10(8-9)13(19)17(2)3;/h4-5,8,15H,6-7H2,1-3H3,(H,16,18);1H. The summed E-state index contributed by atoms with van der Waals surface area (Å²) < 4.78 is 13.6. The lowest BCUT2D eigenvalue weighted by atomic mass is 10.1. The molecule has 1 aromatic carbocycles. The highest BCUT2D eigenvalue weighted by molar-refractivity contribution is 5.97. The minimum absolute atomic E-state index is 0. The number of nitrogens with zero attached hydrogens (tertiary/aromatic N) is 1. The number of carbonyl (C=O) groups excluding carboxylic acids is 2. The van der Waals surface area contributed by atoms with Crippen molar-refractivity contribution in [1.82, 2.24) is 10.2 Å². The average Bonchev–Trinajstić information content (AvgIpc) is 2.37. The smallest absolute Gasteiger partial charge is 0.256 e. The Kier molecular flexibility index (Phi) is 7.79. The molecule has 7 heteroatoms. The van der Waals surface area contributed by atoms with Crippen LogP contribution in [0.1, 0.15) is 16.8 Å². The van der Waals surface area contributed by atoms with Crippen molar-refractivity contribution < 1.29 is 14.0 Å². The first kappa shape index (κ1) is 18.3. The molecule has 0 unspecified atom stereocenters. The summed E-state index contributed by atoms with van der Waals surface area (Å²) >= 11 is 0. The highest BCUT2D eigenvalue weighted by Gasteiger charge is 2.14. The van der Waals surface area contributed by atoms with E-state index >= 15 is 0 Å². The predicted molar refractivity (Wildman–Crippen MR) is 78.8 cm³/mol. The number of carbonyl (C=O) groups is 2. The van der Waals surface area contributed by atoms with Gasteiger partial charge in [-0.1, -0.05) is 0 Å². The number of rotatable bonds is 5. The van der Waals surface area contributed by atoms with Gasteiger partial charge < -0.3 is 15.5 Å². The van der Waals surface area contributed by atoms with E-state index in [2.05, 4.69) is 10.6 Å². The van der Waals surface area contributed by atoms with Gasteiger partial charge in [0.05, 0.1) is 5.56 Å². The third kappa shape index (κ3) is 5.14. The zero-order valence-corrected chi connectivity index (χ0v) is 12.5. The maximum atomic E-state index is 13.6. The lowest BCUT2D eigenvalue weighted by molar-refractivity contribution is -0.116. The Morgan fingerprint density at radius 1 is 1.30 bits per heavy atom. The molecule has 0 radical (unpaired) electrons.